The molecule has 2 heterocycles. The first-order chi connectivity index (χ1) is 14.0. The molecule has 0 aliphatic carbocycles. The number of nitro groups is 1. The molecule has 1 aliphatic rings. The van der Waals surface area contributed by atoms with E-state index in [1.807, 2.05) is 54.1 Å². The minimum atomic E-state index is -0.433. The number of carbonyl (C=O) groups is 1. The summed E-state index contributed by atoms with van der Waals surface area (Å²) >= 11 is 1.28. The monoisotopic (exact) mass is 404 g/mol. The van der Waals surface area contributed by atoms with Crippen LogP contribution in [-0.2, 0) is 4.79 Å². The Morgan fingerprint density at radius 2 is 1.86 bits per heavy atom. The lowest BCUT2D eigenvalue weighted by Crippen LogP contribution is -2.19. The highest BCUT2D eigenvalue weighted by atomic mass is 32.2. The van der Waals surface area contributed by atoms with Gasteiger partial charge in [-0.3, -0.25) is 14.9 Å². The molecule has 4 rings (SSSR count). The number of amides is 1. The number of aliphatic imine (C=N–C) groups is 1. The Hall–Kier alpha value is -3.65. The first kappa shape index (κ1) is 18.7. The number of thioether (sulfide) groups is 1. The molecule has 1 fully saturated rings. The summed E-state index contributed by atoms with van der Waals surface area (Å²) in [5.74, 6) is -0.209. The Bertz CT molecular complexity index is 1160. The van der Waals surface area contributed by atoms with Crippen LogP contribution in [0.1, 0.15) is 11.3 Å². The number of non-ortho nitro benzene ring substituents is 1. The van der Waals surface area contributed by atoms with Crippen LogP contribution in [0.3, 0.4) is 0 Å². The van der Waals surface area contributed by atoms with Crippen molar-refractivity contribution in [3.8, 4) is 5.69 Å². The Morgan fingerprint density at radius 1 is 1.10 bits per heavy atom. The van der Waals surface area contributed by atoms with Crippen molar-refractivity contribution in [2.45, 2.75) is 6.92 Å². The second-order valence-corrected chi connectivity index (χ2v) is 7.38. The normalized spacial score (nSPS) is 16.4. The van der Waals surface area contributed by atoms with E-state index in [9.17, 15) is 14.9 Å². The van der Waals surface area contributed by atoms with Crippen LogP contribution >= 0.6 is 11.8 Å². The van der Waals surface area contributed by atoms with E-state index in [0.717, 1.165) is 22.6 Å². The molecule has 1 N–H and O–H groups in total. The zero-order chi connectivity index (χ0) is 20.4. The number of nitrogens with zero attached hydrogens (tertiary/aromatic N) is 3. The van der Waals surface area contributed by atoms with Crippen molar-refractivity contribution in [3.05, 3.63) is 93.1 Å². The molecule has 8 heteroatoms. The Morgan fingerprint density at radius 3 is 2.59 bits per heavy atom. The van der Waals surface area contributed by atoms with Crippen molar-refractivity contribution in [2.24, 2.45) is 4.99 Å². The van der Waals surface area contributed by atoms with Gasteiger partial charge in [0, 0.05) is 29.7 Å². The summed E-state index contributed by atoms with van der Waals surface area (Å²) in [7, 11) is 0. The fourth-order valence-electron chi connectivity index (χ4n) is 2.89. The summed E-state index contributed by atoms with van der Waals surface area (Å²) in [6.45, 7) is 1.97. The third kappa shape index (κ3) is 3.97. The number of nitrogens with one attached hydrogen (secondary N) is 1. The lowest BCUT2D eigenvalue weighted by molar-refractivity contribution is -0.384. The number of amidine groups is 1. The van der Waals surface area contributed by atoms with Crippen LogP contribution in [0.4, 0.5) is 11.4 Å². The largest absolute Gasteiger partial charge is 0.317 e. The van der Waals surface area contributed by atoms with Crippen LogP contribution < -0.4 is 5.32 Å². The Balaban J connectivity index is 1.61. The summed E-state index contributed by atoms with van der Waals surface area (Å²) in [5, 5.41) is 14.2. The van der Waals surface area contributed by atoms with Gasteiger partial charge in [-0.15, -0.1) is 0 Å². The van der Waals surface area contributed by atoms with Crippen molar-refractivity contribution in [1.29, 1.82) is 0 Å². The minimum Gasteiger partial charge on any atom is -0.317 e. The van der Waals surface area contributed by atoms with E-state index in [1.165, 1.54) is 23.9 Å². The van der Waals surface area contributed by atoms with E-state index in [4.69, 9.17) is 0 Å². The summed E-state index contributed by atoms with van der Waals surface area (Å²) in [6.07, 6.45) is 3.62. The van der Waals surface area contributed by atoms with Crippen LogP contribution in [0.25, 0.3) is 11.8 Å². The highest BCUT2D eigenvalue weighted by molar-refractivity contribution is 8.18. The molecule has 1 saturated heterocycles. The quantitative estimate of drug-likeness (QED) is 0.391. The number of nitro benzene ring substituents is 1. The lowest BCUT2D eigenvalue weighted by atomic mass is 10.2. The minimum absolute atomic E-state index is 0.0311. The molecule has 0 spiro atoms. The molecule has 1 aromatic heterocycles. The molecular formula is C21H16N4O3S. The molecule has 29 heavy (non-hydrogen) atoms. The van der Waals surface area contributed by atoms with E-state index < -0.39 is 4.92 Å². The number of aryl methyl sites for hydroxylation is 1. The zero-order valence-electron chi connectivity index (χ0n) is 15.4. The van der Waals surface area contributed by atoms with E-state index in [1.54, 1.807) is 18.2 Å². The van der Waals surface area contributed by atoms with Crippen molar-refractivity contribution in [1.82, 2.24) is 9.88 Å². The van der Waals surface area contributed by atoms with Gasteiger partial charge in [-0.05, 0) is 60.7 Å². The van der Waals surface area contributed by atoms with Gasteiger partial charge in [0.1, 0.15) is 0 Å². The average molecular weight is 404 g/mol. The molecule has 0 radical (unpaired) electrons. The first-order valence-electron chi connectivity index (χ1n) is 8.79. The first-order valence-corrected chi connectivity index (χ1v) is 9.60. The smallest absolute Gasteiger partial charge is 0.269 e. The maximum absolute atomic E-state index is 12.4. The second kappa shape index (κ2) is 7.76. The van der Waals surface area contributed by atoms with Gasteiger partial charge < -0.3 is 9.88 Å². The highest BCUT2D eigenvalue weighted by Gasteiger charge is 2.24. The molecule has 3 aromatic rings. The molecule has 1 aliphatic heterocycles. The highest BCUT2D eigenvalue weighted by Crippen LogP contribution is 2.29. The van der Waals surface area contributed by atoms with Gasteiger partial charge in [0.25, 0.3) is 11.6 Å². The van der Waals surface area contributed by atoms with Crippen LogP contribution in [0, 0.1) is 17.0 Å². The fourth-order valence-corrected chi connectivity index (χ4v) is 3.71. The summed E-state index contributed by atoms with van der Waals surface area (Å²) in [4.78, 5) is 27.9. The van der Waals surface area contributed by atoms with Crippen molar-refractivity contribution in [2.75, 3.05) is 0 Å². The molecule has 0 bridgehead atoms. The van der Waals surface area contributed by atoms with E-state index in [2.05, 4.69) is 10.3 Å². The predicted octanol–water partition coefficient (Wildman–Crippen LogP) is 4.59. The Kier molecular flexibility index (Phi) is 5.01. The standard InChI is InChI=1S/C21H16N4O3S/c1-14-5-2-3-7-18(14)22-21-23-20(26)19(29-21)13-17-6-4-12-24(17)15-8-10-16(11-9-15)25(27)28/h2-13H,1H3,(H,22,23,26)/b19-13-. The van der Waals surface area contributed by atoms with Crippen LogP contribution in [-0.4, -0.2) is 20.6 Å². The van der Waals surface area contributed by atoms with Crippen LogP contribution in [0.5, 0.6) is 0 Å². The number of aromatic nitrogens is 1. The summed E-state index contributed by atoms with van der Waals surface area (Å²) in [6, 6.07) is 17.7. The van der Waals surface area contributed by atoms with Crippen LogP contribution in [0.15, 0.2) is 76.8 Å². The van der Waals surface area contributed by atoms with Gasteiger partial charge in [0.05, 0.1) is 15.5 Å². The third-order valence-corrected chi connectivity index (χ3v) is 5.30. The van der Waals surface area contributed by atoms with Gasteiger partial charge in [-0.2, -0.15) is 0 Å². The second-order valence-electron chi connectivity index (χ2n) is 6.34. The van der Waals surface area contributed by atoms with E-state index in [-0.39, 0.29) is 11.6 Å². The maximum atomic E-state index is 12.4. The maximum Gasteiger partial charge on any atom is 0.269 e. The van der Waals surface area contributed by atoms with Crippen LogP contribution in [0.2, 0.25) is 0 Å². The van der Waals surface area contributed by atoms with E-state index in [0.29, 0.717) is 10.1 Å². The van der Waals surface area contributed by atoms with Gasteiger partial charge >= 0.3 is 0 Å². The van der Waals surface area contributed by atoms with Gasteiger partial charge in [0.15, 0.2) is 5.17 Å². The molecule has 144 valence electrons. The number of hydrogen-bond acceptors (Lipinski definition) is 5. The van der Waals surface area contributed by atoms with Crippen molar-refractivity contribution in [3.63, 3.8) is 0 Å². The lowest BCUT2D eigenvalue weighted by Gasteiger charge is -2.06. The number of hydrogen-bond donors (Lipinski definition) is 1. The number of carbonyl (C=O) groups excluding carboxylic acids is 1. The third-order valence-electron chi connectivity index (χ3n) is 4.39. The fraction of sp³-hybridized carbons (Fsp3) is 0.0476. The topological polar surface area (TPSA) is 89.5 Å². The number of benzene rings is 2. The number of rotatable bonds is 4. The summed E-state index contributed by atoms with van der Waals surface area (Å²) < 4.78 is 1.86. The van der Waals surface area contributed by atoms with E-state index >= 15 is 0 Å². The molecule has 2 aromatic carbocycles. The molecule has 7 nitrogen and oxygen atoms in total. The molecule has 0 saturated carbocycles. The average Bonchev–Trinajstić information content (AvgIpc) is 3.30. The molecular weight excluding hydrogens is 388 g/mol. The predicted molar refractivity (Wildman–Crippen MR) is 114 cm³/mol. The zero-order valence-corrected chi connectivity index (χ0v) is 16.2. The van der Waals surface area contributed by atoms with Crippen molar-refractivity contribution < 1.29 is 9.72 Å². The SMILES string of the molecule is Cc1ccccc1N=C1NC(=O)/C(=C/c2cccn2-c2ccc([N+](=O)[O-])cc2)S1. The van der Waals surface area contributed by atoms with Crippen molar-refractivity contribution >= 4 is 40.3 Å². The van der Waals surface area contributed by atoms with Gasteiger partial charge in [-0.1, -0.05) is 18.2 Å². The van der Waals surface area contributed by atoms with Gasteiger partial charge in [-0.25, -0.2) is 4.99 Å². The Labute approximate surface area is 170 Å². The molecule has 0 atom stereocenters. The summed E-state index contributed by atoms with van der Waals surface area (Å²) in [5.41, 5.74) is 3.42. The molecule has 1 amide bonds. The number of para-hydroxylation sites is 1. The molecule has 0 unspecified atom stereocenters. The van der Waals surface area contributed by atoms with Gasteiger partial charge in [0.2, 0.25) is 0 Å².